The van der Waals surface area contributed by atoms with Crippen LogP contribution in [0.4, 0.5) is 17.1 Å². The van der Waals surface area contributed by atoms with Crippen molar-refractivity contribution in [1.29, 1.82) is 0 Å². The van der Waals surface area contributed by atoms with Crippen molar-refractivity contribution >= 4 is 33.0 Å². The van der Waals surface area contributed by atoms with Gasteiger partial charge in [0.2, 0.25) is 15.9 Å². The van der Waals surface area contributed by atoms with Gasteiger partial charge in [-0.3, -0.25) is 9.10 Å². The minimum absolute atomic E-state index is 0.340. The predicted octanol–water partition coefficient (Wildman–Crippen LogP) is 3.78. The van der Waals surface area contributed by atoms with Crippen LogP contribution in [-0.2, 0) is 14.8 Å². The van der Waals surface area contributed by atoms with Gasteiger partial charge in [0.1, 0.15) is 6.04 Å². The Balaban J connectivity index is 1.79. The number of hydrogen-bond acceptors (Lipinski definition) is 4. The fraction of sp³-hybridized carbons (Fsp3) is 0.409. The standard InChI is InChI=1S/C22H29N3O3S/c1-4-21(25(29(3,27)28)20-11-7-17(2)8-12-20)22(26)23-18-9-13-19(14-10-18)24-15-5-6-16-24/h7-14,21H,4-6,15-16H2,1-3H3,(H,23,26)/t21-/m0/s1. The molecular formula is C22H29N3O3S. The molecule has 156 valence electrons. The van der Waals surface area contributed by atoms with Crippen molar-refractivity contribution < 1.29 is 13.2 Å². The van der Waals surface area contributed by atoms with Crippen LogP contribution in [-0.4, -0.2) is 39.7 Å². The van der Waals surface area contributed by atoms with E-state index in [0.717, 1.165) is 30.6 Å². The SMILES string of the molecule is CC[C@@H](C(=O)Nc1ccc(N2CCCC2)cc1)N(c1ccc(C)cc1)S(C)(=O)=O. The second kappa shape index (κ2) is 8.86. The number of aryl methyl sites for hydroxylation is 1. The van der Waals surface area contributed by atoms with Gasteiger partial charge in [0, 0.05) is 24.5 Å². The second-order valence-electron chi connectivity index (χ2n) is 7.55. The maximum atomic E-state index is 13.0. The third-order valence-electron chi connectivity index (χ3n) is 5.22. The van der Waals surface area contributed by atoms with Crippen molar-refractivity contribution in [3.05, 3.63) is 54.1 Å². The maximum Gasteiger partial charge on any atom is 0.248 e. The molecule has 6 nitrogen and oxygen atoms in total. The molecule has 29 heavy (non-hydrogen) atoms. The lowest BCUT2D eigenvalue weighted by Gasteiger charge is -2.30. The van der Waals surface area contributed by atoms with E-state index >= 15 is 0 Å². The summed E-state index contributed by atoms with van der Waals surface area (Å²) in [7, 11) is -3.63. The van der Waals surface area contributed by atoms with Gasteiger partial charge in [-0.25, -0.2) is 8.42 Å². The van der Waals surface area contributed by atoms with Gasteiger partial charge in [-0.05, 0) is 62.6 Å². The molecule has 3 rings (SSSR count). The molecular weight excluding hydrogens is 386 g/mol. The molecule has 0 bridgehead atoms. The topological polar surface area (TPSA) is 69.7 Å². The van der Waals surface area contributed by atoms with Crippen molar-refractivity contribution in [2.24, 2.45) is 0 Å². The number of anilines is 3. The molecule has 0 aromatic heterocycles. The quantitative estimate of drug-likeness (QED) is 0.747. The molecule has 1 N–H and O–H groups in total. The first-order valence-corrected chi connectivity index (χ1v) is 11.9. The molecule has 0 unspecified atom stereocenters. The molecule has 0 spiro atoms. The van der Waals surface area contributed by atoms with Gasteiger partial charge in [0.05, 0.1) is 11.9 Å². The molecule has 1 heterocycles. The van der Waals surface area contributed by atoms with Crippen molar-refractivity contribution in [2.75, 3.05) is 33.9 Å². The Hall–Kier alpha value is -2.54. The number of sulfonamides is 1. The van der Waals surface area contributed by atoms with E-state index in [1.165, 1.54) is 17.1 Å². The van der Waals surface area contributed by atoms with E-state index in [1.54, 1.807) is 12.1 Å². The van der Waals surface area contributed by atoms with E-state index in [9.17, 15) is 13.2 Å². The number of amides is 1. The number of rotatable bonds is 7. The van der Waals surface area contributed by atoms with Gasteiger partial charge < -0.3 is 10.2 Å². The average molecular weight is 416 g/mol. The highest BCUT2D eigenvalue weighted by molar-refractivity contribution is 7.92. The molecule has 0 saturated carbocycles. The smallest absolute Gasteiger partial charge is 0.248 e. The van der Waals surface area contributed by atoms with E-state index in [0.29, 0.717) is 17.8 Å². The minimum Gasteiger partial charge on any atom is -0.372 e. The van der Waals surface area contributed by atoms with Gasteiger partial charge in [0.25, 0.3) is 0 Å². The molecule has 1 saturated heterocycles. The monoisotopic (exact) mass is 415 g/mol. The number of carbonyl (C=O) groups is 1. The zero-order chi connectivity index (χ0) is 21.0. The number of nitrogens with one attached hydrogen (secondary N) is 1. The summed E-state index contributed by atoms with van der Waals surface area (Å²) < 4.78 is 26.2. The molecule has 7 heteroatoms. The Bertz CT molecular complexity index is 934. The van der Waals surface area contributed by atoms with Crippen LogP contribution in [0.1, 0.15) is 31.7 Å². The summed E-state index contributed by atoms with van der Waals surface area (Å²) in [5.41, 5.74) is 3.32. The first-order valence-electron chi connectivity index (χ1n) is 10.0. The van der Waals surface area contributed by atoms with E-state index < -0.39 is 16.1 Å². The lowest BCUT2D eigenvalue weighted by Crippen LogP contribution is -2.47. The summed E-state index contributed by atoms with van der Waals surface area (Å²) >= 11 is 0. The van der Waals surface area contributed by atoms with Crippen molar-refractivity contribution in [1.82, 2.24) is 0 Å². The molecule has 1 amide bonds. The van der Waals surface area contributed by atoms with Crippen LogP contribution >= 0.6 is 0 Å². The minimum atomic E-state index is -3.63. The molecule has 1 atom stereocenters. The first kappa shape index (κ1) is 21.2. The van der Waals surface area contributed by atoms with E-state index in [-0.39, 0.29) is 5.91 Å². The highest BCUT2D eigenvalue weighted by Gasteiger charge is 2.31. The normalized spacial score (nSPS) is 15.2. The zero-order valence-electron chi connectivity index (χ0n) is 17.3. The van der Waals surface area contributed by atoms with Crippen LogP contribution < -0.4 is 14.5 Å². The van der Waals surface area contributed by atoms with Gasteiger partial charge >= 0.3 is 0 Å². The molecule has 1 fully saturated rings. The predicted molar refractivity (Wildman–Crippen MR) is 119 cm³/mol. The Morgan fingerprint density at radius 3 is 2.17 bits per heavy atom. The second-order valence-corrected chi connectivity index (χ2v) is 9.41. The van der Waals surface area contributed by atoms with Gasteiger partial charge in [-0.2, -0.15) is 0 Å². The number of hydrogen-bond donors (Lipinski definition) is 1. The summed E-state index contributed by atoms with van der Waals surface area (Å²) in [5.74, 6) is -0.340. The number of nitrogens with zero attached hydrogens (tertiary/aromatic N) is 2. The Labute approximate surface area is 173 Å². The summed E-state index contributed by atoms with van der Waals surface area (Å²) in [6.45, 7) is 5.87. The molecule has 0 radical (unpaired) electrons. The summed E-state index contributed by atoms with van der Waals surface area (Å²) in [6, 6.07) is 14.1. The maximum absolute atomic E-state index is 13.0. The molecule has 2 aromatic carbocycles. The molecule has 2 aromatic rings. The van der Waals surface area contributed by atoms with Crippen LogP contribution in [0, 0.1) is 6.92 Å². The highest BCUT2D eigenvalue weighted by atomic mass is 32.2. The highest BCUT2D eigenvalue weighted by Crippen LogP contribution is 2.25. The number of benzene rings is 2. The van der Waals surface area contributed by atoms with Crippen LogP contribution in [0.15, 0.2) is 48.5 Å². The van der Waals surface area contributed by atoms with Crippen molar-refractivity contribution in [3.63, 3.8) is 0 Å². The van der Waals surface area contributed by atoms with E-state index in [4.69, 9.17) is 0 Å². The third-order valence-corrected chi connectivity index (χ3v) is 6.40. The zero-order valence-corrected chi connectivity index (χ0v) is 18.1. The van der Waals surface area contributed by atoms with Crippen LogP contribution in [0.25, 0.3) is 0 Å². The fourth-order valence-corrected chi connectivity index (χ4v) is 4.92. The summed E-state index contributed by atoms with van der Waals surface area (Å²) in [5, 5.41) is 2.88. The Morgan fingerprint density at radius 1 is 1.07 bits per heavy atom. The number of carbonyl (C=O) groups excluding carboxylic acids is 1. The summed E-state index contributed by atoms with van der Waals surface area (Å²) in [4.78, 5) is 15.3. The first-order chi connectivity index (χ1) is 13.8. The van der Waals surface area contributed by atoms with Crippen molar-refractivity contribution in [3.8, 4) is 0 Å². The Kier molecular flexibility index (Phi) is 6.47. The van der Waals surface area contributed by atoms with E-state index in [2.05, 4.69) is 10.2 Å². The molecule has 1 aliphatic heterocycles. The van der Waals surface area contributed by atoms with Crippen LogP contribution in [0.2, 0.25) is 0 Å². The molecule has 1 aliphatic rings. The van der Waals surface area contributed by atoms with Gasteiger partial charge in [0.15, 0.2) is 0 Å². The van der Waals surface area contributed by atoms with Crippen LogP contribution in [0.3, 0.4) is 0 Å². The molecule has 0 aliphatic carbocycles. The third kappa shape index (κ3) is 5.09. The summed E-state index contributed by atoms with van der Waals surface area (Å²) in [6.07, 6.45) is 3.90. The lowest BCUT2D eigenvalue weighted by atomic mass is 10.1. The Morgan fingerprint density at radius 2 is 1.66 bits per heavy atom. The average Bonchev–Trinajstić information content (AvgIpc) is 3.21. The lowest BCUT2D eigenvalue weighted by molar-refractivity contribution is -0.117. The fourth-order valence-electron chi connectivity index (χ4n) is 3.71. The van der Waals surface area contributed by atoms with Crippen LogP contribution in [0.5, 0.6) is 0 Å². The van der Waals surface area contributed by atoms with Gasteiger partial charge in [-0.1, -0.05) is 24.6 Å². The van der Waals surface area contributed by atoms with Gasteiger partial charge in [-0.15, -0.1) is 0 Å². The largest absolute Gasteiger partial charge is 0.372 e. The van der Waals surface area contributed by atoms with E-state index in [1.807, 2.05) is 50.2 Å². The van der Waals surface area contributed by atoms with Crippen molar-refractivity contribution in [2.45, 2.75) is 39.2 Å².